The van der Waals surface area contributed by atoms with Gasteiger partial charge in [0.1, 0.15) is 17.2 Å². The van der Waals surface area contributed by atoms with Gasteiger partial charge < -0.3 is 16.2 Å². The number of hydrogen-bond donors (Lipinski definition) is 2. The molecular formula is C18H21N5O2. The van der Waals surface area contributed by atoms with Crippen LogP contribution in [0.1, 0.15) is 32.1 Å². The van der Waals surface area contributed by atoms with E-state index in [9.17, 15) is 4.79 Å². The van der Waals surface area contributed by atoms with Crippen LogP contribution in [0.5, 0.6) is 5.75 Å². The SMILES string of the molecule is Nc1ccc(/N=N/c2ccccc2OC(=O)C2CCCCC2)c(N)n1. The number of ether oxygens (including phenoxy) is 1. The van der Waals surface area contributed by atoms with E-state index >= 15 is 0 Å². The standard InChI is InChI=1S/C18H21N5O2/c19-16-11-10-14(17(20)21-16)23-22-13-8-4-5-9-15(13)25-18(24)12-6-2-1-3-7-12/h4-5,8-12H,1-3,6-7H2,(H4,19,20,21)/b23-22+. The number of anilines is 2. The van der Waals surface area contributed by atoms with Gasteiger partial charge in [0.05, 0.1) is 5.92 Å². The van der Waals surface area contributed by atoms with Crippen molar-refractivity contribution in [2.75, 3.05) is 11.5 Å². The Morgan fingerprint density at radius 1 is 1.00 bits per heavy atom. The molecule has 1 aromatic carbocycles. The van der Waals surface area contributed by atoms with Gasteiger partial charge in [0, 0.05) is 0 Å². The van der Waals surface area contributed by atoms with E-state index < -0.39 is 0 Å². The van der Waals surface area contributed by atoms with Crippen LogP contribution in [0.25, 0.3) is 0 Å². The van der Waals surface area contributed by atoms with Gasteiger partial charge in [-0.25, -0.2) is 4.98 Å². The van der Waals surface area contributed by atoms with E-state index in [1.165, 1.54) is 6.42 Å². The lowest BCUT2D eigenvalue weighted by molar-refractivity contribution is -0.139. The molecule has 7 nitrogen and oxygen atoms in total. The van der Waals surface area contributed by atoms with Crippen LogP contribution in [-0.4, -0.2) is 11.0 Å². The molecule has 4 N–H and O–H groups in total. The van der Waals surface area contributed by atoms with E-state index in [-0.39, 0.29) is 17.7 Å². The number of azo groups is 1. The Morgan fingerprint density at radius 2 is 1.72 bits per heavy atom. The van der Waals surface area contributed by atoms with E-state index in [1.54, 1.807) is 36.4 Å². The Bertz CT molecular complexity index is 785. The molecule has 7 heteroatoms. The third kappa shape index (κ3) is 4.32. The summed E-state index contributed by atoms with van der Waals surface area (Å²) < 4.78 is 5.56. The van der Waals surface area contributed by atoms with Crippen LogP contribution in [0.4, 0.5) is 23.0 Å². The van der Waals surface area contributed by atoms with Crippen molar-refractivity contribution < 1.29 is 9.53 Å². The molecule has 0 amide bonds. The van der Waals surface area contributed by atoms with Gasteiger partial charge in [-0.15, -0.1) is 10.2 Å². The van der Waals surface area contributed by atoms with Crippen molar-refractivity contribution in [2.24, 2.45) is 16.1 Å². The first-order valence-corrected chi connectivity index (χ1v) is 8.38. The minimum absolute atomic E-state index is 0.0318. The van der Waals surface area contributed by atoms with Crippen LogP contribution in [0.2, 0.25) is 0 Å². The number of carbonyl (C=O) groups excluding carboxylic acids is 1. The molecule has 0 unspecified atom stereocenters. The monoisotopic (exact) mass is 339 g/mol. The van der Waals surface area contributed by atoms with Crippen molar-refractivity contribution in [2.45, 2.75) is 32.1 Å². The normalized spacial score (nSPS) is 15.4. The minimum Gasteiger partial charge on any atom is -0.424 e. The Morgan fingerprint density at radius 3 is 2.48 bits per heavy atom. The highest BCUT2D eigenvalue weighted by atomic mass is 16.5. The number of para-hydroxylation sites is 1. The van der Waals surface area contributed by atoms with Crippen molar-refractivity contribution in [3.8, 4) is 5.75 Å². The molecule has 1 fully saturated rings. The predicted octanol–water partition coefficient (Wildman–Crippen LogP) is 4.15. The summed E-state index contributed by atoms with van der Waals surface area (Å²) in [5.74, 6) is 0.675. The van der Waals surface area contributed by atoms with Gasteiger partial charge in [0.2, 0.25) is 0 Å². The smallest absolute Gasteiger partial charge is 0.314 e. The van der Waals surface area contributed by atoms with E-state index in [2.05, 4.69) is 15.2 Å². The molecule has 0 saturated heterocycles. The molecule has 1 saturated carbocycles. The molecule has 130 valence electrons. The summed E-state index contributed by atoms with van der Waals surface area (Å²) in [5, 5.41) is 8.24. The second kappa shape index (κ2) is 7.74. The van der Waals surface area contributed by atoms with Crippen LogP contribution in [0.3, 0.4) is 0 Å². The van der Waals surface area contributed by atoms with E-state index in [0.717, 1.165) is 25.7 Å². The minimum atomic E-state index is -0.198. The summed E-state index contributed by atoms with van der Waals surface area (Å²) in [6.45, 7) is 0. The molecule has 1 aromatic heterocycles. The average Bonchev–Trinajstić information content (AvgIpc) is 2.63. The maximum atomic E-state index is 12.3. The number of hydrogen-bond acceptors (Lipinski definition) is 7. The van der Waals surface area contributed by atoms with Gasteiger partial charge in [-0.1, -0.05) is 31.4 Å². The number of nitrogens with two attached hydrogens (primary N) is 2. The highest BCUT2D eigenvalue weighted by molar-refractivity contribution is 5.76. The second-order valence-electron chi connectivity index (χ2n) is 6.06. The molecule has 25 heavy (non-hydrogen) atoms. The van der Waals surface area contributed by atoms with Crippen LogP contribution < -0.4 is 16.2 Å². The lowest BCUT2D eigenvalue weighted by atomic mass is 9.89. The number of pyridine rings is 1. The lowest BCUT2D eigenvalue weighted by Gasteiger charge is -2.20. The van der Waals surface area contributed by atoms with Crippen molar-refractivity contribution in [1.82, 2.24) is 4.98 Å². The topological polar surface area (TPSA) is 116 Å². The maximum Gasteiger partial charge on any atom is 0.314 e. The van der Waals surface area contributed by atoms with Gasteiger partial charge in [-0.05, 0) is 37.1 Å². The summed E-state index contributed by atoms with van der Waals surface area (Å²) in [4.78, 5) is 16.3. The Kier molecular flexibility index (Phi) is 5.23. The Balaban J connectivity index is 1.76. The molecule has 0 aliphatic heterocycles. The molecule has 2 aromatic rings. The van der Waals surface area contributed by atoms with Crippen molar-refractivity contribution in [1.29, 1.82) is 0 Å². The van der Waals surface area contributed by atoms with Crippen molar-refractivity contribution in [3.05, 3.63) is 36.4 Å². The van der Waals surface area contributed by atoms with Crippen molar-refractivity contribution in [3.63, 3.8) is 0 Å². The number of esters is 1. The van der Waals surface area contributed by atoms with E-state index in [4.69, 9.17) is 16.2 Å². The van der Waals surface area contributed by atoms with Gasteiger partial charge in [0.15, 0.2) is 11.6 Å². The van der Waals surface area contributed by atoms with Gasteiger partial charge in [0.25, 0.3) is 0 Å². The molecule has 0 atom stereocenters. The molecule has 3 rings (SSSR count). The fourth-order valence-corrected chi connectivity index (χ4v) is 2.83. The second-order valence-corrected chi connectivity index (χ2v) is 6.06. The maximum absolute atomic E-state index is 12.3. The number of rotatable bonds is 4. The first-order valence-electron chi connectivity index (χ1n) is 8.38. The number of carbonyl (C=O) groups is 1. The van der Waals surface area contributed by atoms with Gasteiger partial charge in [-0.2, -0.15) is 0 Å². The first-order chi connectivity index (χ1) is 12.1. The predicted molar refractivity (Wildman–Crippen MR) is 95.9 cm³/mol. The summed E-state index contributed by atoms with van der Waals surface area (Å²) in [5.41, 5.74) is 12.2. The number of aromatic nitrogens is 1. The molecule has 0 bridgehead atoms. The number of nitrogens with zero attached hydrogens (tertiary/aromatic N) is 3. The highest BCUT2D eigenvalue weighted by Crippen LogP contribution is 2.32. The molecule has 1 heterocycles. The van der Waals surface area contributed by atoms with Gasteiger partial charge in [-0.3, -0.25) is 4.79 Å². The average molecular weight is 339 g/mol. The number of benzene rings is 1. The molecule has 1 aliphatic carbocycles. The molecule has 0 radical (unpaired) electrons. The summed E-state index contributed by atoms with van der Waals surface area (Å²) in [6, 6.07) is 10.3. The van der Waals surface area contributed by atoms with Crippen LogP contribution in [0, 0.1) is 5.92 Å². The van der Waals surface area contributed by atoms with Crippen LogP contribution in [0.15, 0.2) is 46.6 Å². The van der Waals surface area contributed by atoms with Crippen LogP contribution in [-0.2, 0) is 4.79 Å². The lowest BCUT2D eigenvalue weighted by Crippen LogP contribution is -2.22. The first kappa shape index (κ1) is 16.9. The molecular weight excluding hydrogens is 318 g/mol. The third-order valence-corrected chi connectivity index (χ3v) is 4.20. The Labute approximate surface area is 146 Å². The van der Waals surface area contributed by atoms with E-state index in [0.29, 0.717) is 22.9 Å². The zero-order valence-corrected chi connectivity index (χ0v) is 13.9. The largest absolute Gasteiger partial charge is 0.424 e. The summed E-state index contributed by atoms with van der Waals surface area (Å²) in [7, 11) is 0. The number of nitrogen functional groups attached to an aromatic ring is 2. The highest BCUT2D eigenvalue weighted by Gasteiger charge is 2.23. The summed E-state index contributed by atoms with van der Waals surface area (Å²) in [6.07, 6.45) is 5.10. The van der Waals surface area contributed by atoms with Crippen molar-refractivity contribution >= 4 is 29.0 Å². The quantitative estimate of drug-likeness (QED) is 0.493. The Hall–Kier alpha value is -2.96. The van der Waals surface area contributed by atoms with Crippen LogP contribution >= 0.6 is 0 Å². The summed E-state index contributed by atoms with van der Waals surface area (Å²) >= 11 is 0. The fraction of sp³-hybridized carbons (Fsp3) is 0.333. The zero-order valence-electron chi connectivity index (χ0n) is 13.9. The van der Waals surface area contributed by atoms with E-state index in [1.807, 2.05) is 0 Å². The molecule has 0 spiro atoms. The zero-order chi connectivity index (χ0) is 17.6. The fourth-order valence-electron chi connectivity index (χ4n) is 2.83. The molecule has 1 aliphatic rings. The van der Waals surface area contributed by atoms with Gasteiger partial charge >= 0.3 is 5.97 Å². The third-order valence-electron chi connectivity index (χ3n) is 4.20.